The van der Waals surface area contributed by atoms with Crippen molar-refractivity contribution in [2.24, 2.45) is 5.92 Å². The average molecular weight is 240 g/mol. The summed E-state index contributed by atoms with van der Waals surface area (Å²) >= 11 is 5.89. The van der Waals surface area contributed by atoms with E-state index in [1.165, 1.54) is 0 Å². The van der Waals surface area contributed by atoms with Crippen molar-refractivity contribution in [2.75, 3.05) is 5.32 Å². The number of rotatable bonds is 4. The fraction of sp³-hybridized carbons (Fsp3) is 0.462. The summed E-state index contributed by atoms with van der Waals surface area (Å²) in [5.41, 5.74) is 1.84. The van der Waals surface area contributed by atoms with Crippen LogP contribution in [0.4, 0.5) is 5.69 Å². The molecule has 2 nitrogen and oxygen atoms in total. The smallest absolute Gasteiger partial charge is 0.227 e. The Morgan fingerprint density at radius 3 is 2.81 bits per heavy atom. The minimum Gasteiger partial charge on any atom is -0.326 e. The molecule has 88 valence electrons. The topological polar surface area (TPSA) is 29.1 Å². The van der Waals surface area contributed by atoms with Crippen LogP contribution in [0, 0.1) is 12.8 Å². The molecule has 0 saturated carbocycles. The number of benzene rings is 1. The first-order chi connectivity index (χ1) is 7.54. The number of hydrogen-bond donors (Lipinski definition) is 1. The molecule has 3 heteroatoms. The summed E-state index contributed by atoms with van der Waals surface area (Å²) in [5.74, 6) is 0.107. The molecule has 1 N–H and O–H groups in total. The van der Waals surface area contributed by atoms with Crippen molar-refractivity contribution in [3.05, 3.63) is 28.8 Å². The Morgan fingerprint density at radius 1 is 1.50 bits per heavy atom. The minimum atomic E-state index is 0.0448. The Labute approximate surface area is 102 Å². The van der Waals surface area contributed by atoms with Gasteiger partial charge in [0.1, 0.15) is 0 Å². The molecule has 1 amide bonds. The van der Waals surface area contributed by atoms with E-state index in [-0.39, 0.29) is 11.8 Å². The maximum atomic E-state index is 11.8. The molecule has 1 aromatic rings. The first-order valence-electron chi connectivity index (χ1n) is 5.61. The van der Waals surface area contributed by atoms with Gasteiger partial charge in [-0.2, -0.15) is 0 Å². The number of carbonyl (C=O) groups is 1. The van der Waals surface area contributed by atoms with Crippen LogP contribution in [0.3, 0.4) is 0 Å². The van der Waals surface area contributed by atoms with E-state index in [1.807, 2.05) is 26.0 Å². The second-order valence-corrected chi connectivity index (χ2v) is 4.57. The van der Waals surface area contributed by atoms with Gasteiger partial charge in [-0.05, 0) is 31.0 Å². The lowest BCUT2D eigenvalue weighted by atomic mass is 10.1. The maximum absolute atomic E-state index is 11.8. The highest BCUT2D eigenvalue weighted by Gasteiger charge is 2.12. The zero-order valence-electron chi connectivity index (χ0n) is 10.0. The number of carbonyl (C=O) groups excluding carboxylic acids is 1. The van der Waals surface area contributed by atoms with E-state index in [0.717, 1.165) is 24.1 Å². The van der Waals surface area contributed by atoms with Gasteiger partial charge in [-0.3, -0.25) is 4.79 Å². The number of nitrogens with one attached hydrogen (secondary N) is 1. The number of hydrogen-bond acceptors (Lipinski definition) is 1. The second-order valence-electron chi connectivity index (χ2n) is 4.14. The highest BCUT2D eigenvalue weighted by molar-refractivity contribution is 6.31. The van der Waals surface area contributed by atoms with Crippen LogP contribution >= 0.6 is 11.6 Å². The molecule has 0 aliphatic rings. The predicted molar refractivity (Wildman–Crippen MR) is 68.9 cm³/mol. The Bertz CT molecular complexity index is 376. The molecule has 16 heavy (non-hydrogen) atoms. The van der Waals surface area contributed by atoms with Crippen LogP contribution < -0.4 is 5.32 Å². The van der Waals surface area contributed by atoms with Crippen LogP contribution in [0.1, 0.15) is 32.3 Å². The fourth-order valence-electron chi connectivity index (χ4n) is 1.55. The van der Waals surface area contributed by atoms with Gasteiger partial charge in [0.05, 0.1) is 0 Å². The molecule has 0 radical (unpaired) electrons. The number of amides is 1. The first-order valence-corrected chi connectivity index (χ1v) is 5.99. The van der Waals surface area contributed by atoms with Crippen molar-refractivity contribution in [1.29, 1.82) is 0 Å². The van der Waals surface area contributed by atoms with E-state index in [2.05, 4.69) is 12.2 Å². The van der Waals surface area contributed by atoms with Gasteiger partial charge < -0.3 is 5.32 Å². The standard InChI is InChI=1S/C13H18ClNO/c1-4-5-10(3)13(16)15-12-8-11(14)7-6-9(12)2/h6-8,10H,4-5H2,1-3H3,(H,15,16)/t10-/m0/s1. The van der Waals surface area contributed by atoms with E-state index in [4.69, 9.17) is 11.6 Å². The van der Waals surface area contributed by atoms with Crippen molar-refractivity contribution in [3.63, 3.8) is 0 Å². The van der Waals surface area contributed by atoms with Gasteiger partial charge >= 0.3 is 0 Å². The lowest BCUT2D eigenvalue weighted by Gasteiger charge is -2.13. The number of halogens is 1. The first kappa shape index (κ1) is 13.0. The molecule has 0 aliphatic carbocycles. The zero-order chi connectivity index (χ0) is 12.1. The van der Waals surface area contributed by atoms with Crippen molar-refractivity contribution in [2.45, 2.75) is 33.6 Å². The normalized spacial score (nSPS) is 12.2. The van der Waals surface area contributed by atoms with Crippen LogP contribution in [0.5, 0.6) is 0 Å². The molecule has 0 spiro atoms. The van der Waals surface area contributed by atoms with Gasteiger partial charge in [0.2, 0.25) is 5.91 Å². The fourth-order valence-corrected chi connectivity index (χ4v) is 1.72. The van der Waals surface area contributed by atoms with Gasteiger partial charge in [0, 0.05) is 16.6 Å². The van der Waals surface area contributed by atoms with Gasteiger partial charge in [0.15, 0.2) is 0 Å². The van der Waals surface area contributed by atoms with E-state index < -0.39 is 0 Å². The third kappa shape index (κ3) is 3.53. The molecule has 0 aromatic heterocycles. The van der Waals surface area contributed by atoms with E-state index in [1.54, 1.807) is 6.07 Å². The molecule has 0 aliphatic heterocycles. The highest BCUT2D eigenvalue weighted by Crippen LogP contribution is 2.21. The molecule has 1 aromatic carbocycles. The van der Waals surface area contributed by atoms with E-state index >= 15 is 0 Å². The molecule has 0 saturated heterocycles. The van der Waals surface area contributed by atoms with Gasteiger partial charge in [-0.1, -0.05) is 37.9 Å². The third-order valence-electron chi connectivity index (χ3n) is 2.63. The molecule has 1 rings (SSSR count). The summed E-state index contributed by atoms with van der Waals surface area (Å²) in [6.07, 6.45) is 1.93. The Hall–Kier alpha value is -1.02. The molecular weight excluding hydrogens is 222 g/mol. The van der Waals surface area contributed by atoms with Gasteiger partial charge in [-0.15, -0.1) is 0 Å². The maximum Gasteiger partial charge on any atom is 0.227 e. The quantitative estimate of drug-likeness (QED) is 0.845. The second kappa shape index (κ2) is 5.90. The summed E-state index contributed by atoms with van der Waals surface area (Å²) in [6.45, 7) is 5.98. The Morgan fingerprint density at radius 2 is 2.19 bits per heavy atom. The predicted octanol–water partition coefficient (Wildman–Crippen LogP) is 4.02. The number of anilines is 1. The molecule has 1 atom stereocenters. The SMILES string of the molecule is CCC[C@H](C)C(=O)Nc1cc(Cl)ccc1C. The average Bonchev–Trinajstić information content (AvgIpc) is 2.23. The Kier molecular flexibility index (Phi) is 4.81. The summed E-state index contributed by atoms with van der Waals surface area (Å²) in [4.78, 5) is 11.8. The molecule has 0 unspecified atom stereocenters. The largest absolute Gasteiger partial charge is 0.326 e. The monoisotopic (exact) mass is 239 g/mol. The van der Waals surface area contributed by atoms with E-state index in [0.29, 0.717) is 5.02 Å². The zero-order valence-corrected chi connectivity index (χ0v) is 10.8. The van der Waals surface area contributed by atoms with Crippen LogP contribution in [-0.2, 0) is 4.79 Å². The van der Waals surface area contributed by atoms with Crippen molar-refractivity contribution >= 4 is 23.2 Å². The Balaban J connectivity index is 2.72. The molecule has 0 heterocycles. The van der Waals surface area contributed by atoms with Crippen molar-refractivity contribution in [3.8, 4) is 0 Å². The molecule has 0 bridgehead atoms. The minimum absolute atomic E-state index is 0.0448. The van der Waals surface area contributed by atoms with Gasteiger partial charge in [-0.25, -0.2) is 0 Å². The van der Waals surface area contributed by atoms with Crippen LogP contribution in [0.2, 0.25) is 5.02 Å². The lowest BCUT2D eigenvalue weighted by molar-refractivity contribution is -0.119. The summed E-state index contributed by atoms with van der Waals surface area (Å²) in [6, 6.07) is 5.51. The van der Waals surface area contributed by atoms with Crippen LogP contribution in [0.15, 0.2) is 18.2 Å². The number of aryl methyl sites for hydroxylation is 1. The lowest BCUT2D eigenvalue weighted by Crippen LogP contribution is -2.20. The van der Waals surface area contributed by atoms with Crippen molar-refractivity contribution < 1.29 is 4.79 Å². The third-order valence-corrected chi connectivity index (χ3v) is 2.86. The van der Waals surface area contributed by atoms with Crippen LogP contribution in [0.25, 0.3) is 0 Å². The highest BCUT2D eigenvalue weighted by atomic mass is 35.5. The van der Waals surface area contributed by atoms with E-state index in [9.17, 15) is 4.79 Å². The summed E-state index contributed by atoms with van der Waals surface area (Å²) in [7, 11) is 0. The summed E-state index contributed by atoms with van der Waals surface area (Å²) in [5, 5.41) is 3.55. The van der Waals surface area contributed by atoms with Crippen LogP contribution in [-0.4, -0.2) is 5.91 Å². The molecular formula is C13H18ClNO. The van der Waals surface area contributed by atoms with Gasteiger partial charge in [0.25, 0.3) is 0 Å². The van der Waals surface area contributed by atoms with Crippen molar-refractivity contribution in [1.82, 2.24) is 0 Å². The molecule has 0 fully saturated rings. The summed E-state index contributed by atoms with van der Waals surface area (Å²) < 4.78 is 0.